The highest BCUT2D eigenvalue weighted by atomic mass is 32.1. The average Bonchev–Trinajstić information content (AvgIpc) is 2.89. The van der Waals surface area contributed by atoms with Crippen molar-refractivity contribution in [2.45, 2.75) is 20.8 Å². The fourth-order valence-corrected chi connectivity index (χ4v) is 3.33. The summed E-state index contributed by atoms with van der Waals surface area (Å²) in [5.74, 6) is -0.897. The molecule has 4 nitrogen and oxygen atoms in total. The molecule has 0 fully saturated rings. The molecule has 0 atom stereocenters. The predicted octanol–water partition coefficient (Wildman–Crippen LogP) is 3.69. The fourth-order valence-electron chi connectivity index (χ4n) is 2.38. The molecule has 1 N–H and O–H groups in total. The van der Waals surface area contributed by atoms with Gasteiger partial charge >= 0.3 is 5.97 Å². The number of aryl methyl sites for hydroxylation is 3. The second-order valence-electron chi connectivity index (χ2n) is 4.92. The van der Waals surface area contributed by atoms with Crippen LogP contribution in [0.25, 0.3) is 16.2 Å². The van der Waals surface area contributed by atoms with Crippen LogP contribution in [0.5, 0.6) is 0 Å². The van der Waals surface area contributed by atoms with Crippen molar-refractivity contribution in [1.29, 1.82) is 0 Å². The molecule has 0 aliphatic carbocycles. The van der Waals surface area contributed by atoms with Gasteiger partial charge in [0, 0.05) is 17.5 Å². The third-order valence-electron chi connectivity index (χ3n) is 3.41. The first-order chi connectivity index (χ1) is 9.47. The third-order valence-corrected chi connectivity index (χ3v) is 4.55. The van der Waals surface area contributed by atoms with Crippen molar-refractivity contribution in [3.8, 4) is 11.3 Å². The Balaban J connectivity index is 2.17. The highest BCUT2D eigenvalue weighted by Crippen LogP contribution is 2.28. The summed E-state index contributed by atoms with van der Waals surface area (Å²) in [4.78, 5) is 16.7. The molecule has 2 heterocycles. The third kappa shape index (κ3) is 1.91. The number of nitrogens with zero attached hydrogens (tertiary/aromatic N) is 2. The van der Waals surface area contributed by atoms with Crippen molar-refractivity contribution in [2.75, 3.05) is 0 Å². The lowest BCUT2D eigenvalue weighted by atomic mass is 10.0. The first-order valence-electron chi connectivity index (χ1n) is 6.27. The Morgan fingerprint density at radius 1 is 1.30 bits per heavy atom. The Kier molecular flexibility index (Phi) is 2.87. The molecule has 0 aliphatic heterocycles. The second kappa shape index (κ2) is 4.45. The average molecular weight is 286 g/mol. The number of aromatic nitrogens is 2. The molecule has 3 aromatic rings. The highest BCUT2D eigenvalue weighted by molar-refractivity contribution is 7.19. The van der Waals surface area contributed by atoms with E-state index < -0.39 is 5.97 Å². The molecular formula is C15H14N2O2S. The Labute approximate surface area is 120 Å². The lowest BCUT2D eigenvalue weighted by Gasteiger charge is -2.03. The maximum atomic E-state index is 11.1. The fraction of sp³-hybridized carbons (Fsp3) is 0.200. The van der Waals surface area contributed by atoms with E-state index in [0.29, 0.717) is 4.88 Å². The molecule has 0 saturated carbocycles. The number of aromatic carboxylic acids is 1. The van der Waals surface area contributed by atoms with Crippen molar-refractivity contribution >= 4 is 22.3 Å². The van der Waals surface area contributed by atoms with Gasteiger partial charge in [0.1, 0.15) is 4.88 Å². The molecule has 0 bridgehead atoms. The number of carboxylic acids is 1. The van der Waals surface area contributed by atoms with Gasteiger partial charge in [0.15, 0.2) is 4.96 Å². The summed E-state index contributed by atoms with van der Waals surface area (Å²) >= 11 is 1.21. The van der Waals surface area contributed by atoms with Gasteiger partial charge in [0.05, 0.1) is 5.69 Å². The van der Waals surface area contributed by atoms with E-state index >= 15 is 0 Å². The molecule has 0 spiro atoms. The first kappa shape index (κ1) is 12.9. The highest BCUT2D eigenvalue weighted by Gasteiger charge is 2.17. The van der Waals surface area contributed by atoms with Crippen LogP contribution in [0.3, 0.4) is 0 Å². The number of hydrogen-bond donors (Lipinski definition) is 1. The summed E-state index contributed by atoms with van der Waals surface area (Å²) in [7, 11) is 0. The lowest BCUT2D eigenvalue weighted by molar-refractivity contribution is 0.0701. The minimum absolute atomic E-state index is 0.347. The van der Waals surface area contributed by atoms with Crippen LogP contribution in [0, 0.1) is 20.8 Å². The van der Waals surface area contributed by atoms with Crippen LogP contribution in [0.15, 0.2) is 24.4 Å². The molecule has 0 amide bonds. The van der Waals surface area contributed by atoms with E-state index in [0.717, 1.165) is 21.9 Å². The van der Waals surface area contributed by atoms with Gasteiger partial charge in [-0.3, -0.25) is 4.40 Å². The van der Waals surface area contributed by atoms with Crippen LogP contribution in [0.2, 0.25) is 0 Å². The number of rotatable bonds is 2. The minimum Gasteiger partial charge on any atom is -0.477 e. The summed E-state index contributed by atoms with van der Waals surface area (Å²) in [6, 6.07) is 6.24. The van der Waals surface area contributed by atoms with Gasteiger partial charge in [-0.2, -0.15) is 0 Å². The number of carbonyl (C=O) groups is 1. The SMILES string of the molecule is Cc1ccc(-c2cn3c(C)c(C(=O)O)sc3n2)c(C)c1. The summed E-state index contributed by atoms with van der Waals surface area (Å²) in [6.45, 7) is 5.93. The normalized spacial score (nSPS) is 11.2. The van der Waals surface area contributed by atoms with Gasteiger partial charge in [0.25, 0.3) is 0 Å². The second-order valence-corrected chi connectivity index (χ2v) is 5.90. The Morgan fingerprint density at radius 3 is 2.65 bits per heavy atom. The topological polar surface area (TPSA) is 54.6 Å². The van der Waals surface area contributed by atoms with Crippen molar-refractivity contribution in [2.24, 2.45) is 0 Å². The lowest BCUT2D eigenvalue weighted by Crippen LogP contribution is -1.96. The zero-order chi connectivity index (χ0) is 14.4. The number of imidazole rings is 1. The van der Waals surface area contributed by atoms with E-state index in [9.17, 15) is 4.79 Å². The van der Waals surface area contributed by atoms with E-state index in [4.69, 9.17) is 5.11 Å². The zero-order valence-electron chi connectivity index (χ0n) is 11.5. The largest absolute Gasteiger partial charge is 0.477 e. The van der Waals surface area contributed by atoms with Gasteiger partial charge < -0.3 is 5.11 Å². The van der Waals surface area contributed by atoms with Gasteiger partial charge in [-0.1, -0.05) is 35.1 Å². The molecule has 0 aliphatic rings. The number of carboxylic acid groups (broad SMARTS) is 1. The number of thiazole rings is 1. The van der Waals surface area contributed by atoms with E-state index in [-0.39, 0.29) is 0 Å². The van der Waals surface area contributed by atoms with E-state index in [1.54, 1.807) is 6.92 Å². The van der Waals surface area contributed by atoms with Gasteiger partial charge in [-0.05, 0) is 26.3 Å². The van der Waals surface area contributed by atoms with E-state index in [1.165, 1.54) is 22.5 Å². The molecule has 0 unspecified atom stereocenters. The van der Waals surface area contributed by atoms with Gasteiger partial charge in [0.2, 0.25) is 0 Å². The quantitative estimate of drug-likeness (QED) is 0.781. The van der Waals surface area contributed by atoms with Crippen LogP contribution in [0.1, 0.15) is 26.5 Å². The maximum Gasteiger partial charge on any atom is 0.347 e. The monoisotopic (exact) mass is 286 g/mol. The Hall–Kier alpha value is -2.14. The van der Waals surface area contributed by atoms with Crippen LogP contribution < -0.4 is 0 Å². The maximum absolute atomic E-state index is 11.1. The summed E-state index contributed by atoms with van der Waals surface area (Å²) in [5, 5.41) is 9.12. The molecule has 3 rings (SSSR count). The van der Waals surface area contributed by atoms with Crippen molar-refractivity contribution in [3.63, 3.8) is 0 Å². The van der Waals surface area contributed by atoms with E-state index in [2.05, 4.69) is 37.0 Å². The van der Waals surface area contributed by atoms with E-state index in [1.807, 2.05) is 10.6 Å². The Morgan fingerprint density at radius 2 is 2.05 bits per heavy atom. The molecule has 5 heteroatoms. The molecule has 0 saturated heterocycles. The number of hydrogen-bond acceptors (Lipinski definition) is 3. The van der Waals surface area contributed by atoms with Gasteiger partial charge in [-0.15, -0.1) is 0 Å². The Bertz CT molecular complexity index is 830. The number of fused-ring (bicyclic) bond motifs is 1. The van der Waals surface area contributed by atoms with Crippen LogP contribution in [-0.4, -0.2) is 20.5 Å². The standard InChI is InChI=1S/C15H14N2O2S/c1-8-4-5-11(9(2)6-8)12-7-17-10(3)13(14(18)19)20-15(17)16-12/h4-7H,1-3H3,(H,18,19). The van der Waals surface area contributed by atoms with Crippen LogP contribution in [0.4, 0.5) is 0 Å². The molecule has 0 radical (unpaired) electrons. The van der Waals surface area contributed by atoms with Crippen molar-refractivity contribution in [3.05, 3.63) is 46.1 Å². The summed E-state index contributed by atoms with van der Waals surface area (Å²) in [6.07, 6.45) is 1.91. The molecule has 1 aromatic carbocycles. The molecule has 102 valence electrons. The van der Waals surface area contributed by atoms with Crippen LogP contribution in [-0.2, 0) is 0 Å². The van der Waals surface area contributed by atoms with Crippen molar-refractivity contribution < 1.29 is 9.90 Å². The first-order valence-corrected chi connectivity index (χ1v) is 7.08. The molecule has 2 aromatic heterocycles. The molecule has 20 heavy (non-hydrogen) atoms. The van der Waals surface area contributed by atoms with Crippen LogP contribution >= 0.6 is 11.3 Å². The number of benzene rings is 1. The van der Waals surface area contributed by atoms with Crippen molar-refractivity contribution in [1.82, 2.24) is 9.38 Å². The molecular weight excluding hydrogens is 272 g/mol. The van der Waals surface area contributed by atoms with Gasteiger partial charge in [-0.25, -0.2) is 9.78 Å². The smallest absolute Gasteiger partial charge is 0.347 e. The zero-order valence-corrected chi connectivity index (χ0v) is 12.3. The minimum atomic E-state index is -0.897. The summed E-state index contributed by atoms with van der Waals surface area (Å²) < 4.78 is 1.85. The predicted molar refractivity (Wildman–Crippen MR) is 79.7 cm³/mol. The summed E-state index contributed by atoms with van der Waals surface area (Å²) in [5.41, 5.74) is 5.08.